The molecule has 6 nitrogen and oxygen atoms in total. The van der Waals surface area contributed by atoms with E-state index in [2.05, 4.69) is 15.3 Å². The predicted octanol–water partition coefficient (Wildman–Crippen LogP) is 2.04. The Morgan fingerprint density at radius 3 is 2.45 bits per heavy atom. The molecule has 1 heterocycles. The quantitative estimate of drug-likeness (QED) is 0.586. The van der Waals surface area contributed by atoms with Gasteiger partial charge in [-0.15, -0.1) is 0 Å². The van der Waals surface area contributed by atoms with Gasteiger partial charge in [-0.1, -0.05) is 11.8 Å². The Morgan fingerprint density at radius 1 is 1.23 bits per heavy atom. The molecular formula is C13H13F2N5OS. The topological polar surface area (TPSA) is 107 Å². The van der Waals surface area contributed by atoms with Crippen LogP contribution in [0.1, 0.15) is 6.92 Å². The summed E-state index contributed by atoms with van der Waals surface area (Å²) in [7, 11) is 0. The zero-order chi connectivity index (χ0) is 16.3. The van der Waals surface area contributed by atoms with Crippen LogP contribution in [-0.4, -0.2) is 21.1 Å². The lowest BCUT2D eigenvalue weighted by molar-refractivity contribution is -0.115. The fraction of sp³-hybridized carbons (Fsp3) is 0.154. The molecule has 0 aliphatic heterocycles. The summed E-state index contributed by atoms with van der Waals surface area (Å²) in [4.78, 5) is 19.9. The van der Waals surface area contributed by atoms with E-state index in [0.717, 1.165) is 23.9 Å². The van der Waals surface area contributed by atoms with Crippen molar-refractivity contribution in [2.75, 3.05) is 16.8 Å². The van der Waals surface area contributed by atoms with Gasteiger partial charge in [0.05, 0.1) is 10.9 Å². The van der Waals surface area contributed by atoms with Crippen molar-refractivity contribution in [1.29, 1.82) is 0 Å². The second-order valence-electron chi connectivity index (χ2n) is 4.37. The zero-order valence-electron chi connectivity index (χ0n) is 11.5. The summed E-state index contributed by atoms with van der Waals surface area (Å²) >= 11 is 1.02. The number of hydrogen-bond donors (Lipinski definition) is 3. The molecule has 1 aromatic carbocycles. The summed E-state index contributed by atoms with van der Waals surface area (Å²) in [5.74, 6) is -1.68. The van der Waals surface area contributed by atoms with Crippen molar-refractivity contribution in [2.24, 2.45) is 0 Å². The van der Waals surface area contributed by atoms with E-state index in [9.17, 15) is 13.6 Å². The number of carbonyl (C=O) groups excluding carboxylic acids is 1. The SMILES string of the molecule is CC(Sc1nc(N)cc(N)n1)C(=O)Nc1ccc(F)cc1F. The lowest BCUT2D eigenvalue weighted by Gasteiger charge is -2.12. The van der Waals surface area contributed by atoms with Gasteiger partial charge in [-0.25, -0.2) is 18.7 Å². The highest BCUT2D eigenvalue weighted by molar-refractivity contribution is 8.00. The van der Waals surface area contributed by atoms with Crippen LogP contribution >= 0.6 is 11.8 Å². The molecule has 2 aromatic rings. The molecule has 2 rings (SSSR count). The van der Waals surface area contributed by atoms with E-state index in [4.69, 9.17) is 11.5 Å². The molecule has 0 bridgehead atoms. The monoisotopic (exact) mass is 325 g/mol. The Bertz CT molecular complexity index is 693. The molecule has 0 saturated heterocycles. The second-order valence-corrected chi connectivity index (χ2v) is 5.68. The van der Waals surface area contributed by atoms with Gasteiger partial charge in [0.1, 0.15) is 23.3 Å². The van der Waals surface area contributed by atoms with Crippen LogP contribution in [-0.2, 0) is 4.79 Å². The van der Waals surface area contributed by atoms with Crippen LogP contribution in [0.4, 0.5) is 26.1 Å². The van der Waals surface area contributed by atoms with Crippen molar-refractivity contribution in [3.8, 4) is 0 Å². The van der Waals surface area contributed by atoms with Gasteiger partial charge >= 0.3 is 0 Å². The minimum Gasteiger partial charge on any atom is -0.383 e. The highest BCUT2D eigenvalue weighted by atomic mass is 32.2. The minimum atomic E-state index is -0.852. The first-order chi connectivity index (χ1) is 10.3. The van der Waals surface area contributed by atoms with Crippen molar-refractivity contribution >= 4 is 35.0 Å². The predicted molar refractivity (Wildman–Crippen MR) is 81.2 cm³/mol. The average molecular weight is 325 g/mol. The van der Waals surface area contributed by atoms with Crippen molar-refractivity contribution in [2.45, 2.75) is 17.3 Å². The molecule has 1 unspecified atom stereocenters. The van der Waals surface area contributed by atoms with Gasteiger partial charge in [0.2, 0.25) is 5.91 Å². The van der Waals surface area contributed by atoms with Crippen LogP contribution in [0.15, 0.2) is 29.4 Å². The molecule has 22 heavy (non-hydrogen) atoms. The highest BCUT2D eigenvalue weighted by Crippen LogP contribution is 2.23. The number of amides is 1. The summed E-state index contributed by atoms with van der Waals surface area (Å²) in [5, 5.41) is 1.97. The number of nitrogens with zero attached hydrogens (tertiary/aromatic N) is 2. The van der Waals surface area contributed by atoms with Gasteiger partial charge in [-0.3, -0.25) is 4.79 Å². The Labute approximate surface area is 129 Å². The number of anilines is 3. The molecule has 1 amide bonds. The molecule has 1 aromatic heterocycles. The standard InChI is InChI=1S/C13H13F2N5OS/c1-6(22-13-19-10(16)5-11(17)20-13)12(21)18-9-3-2-7(14)4-8(9)15/h2-6H,1H3,(H,18,21)(H4,16,17,19,20). The second kappa shape index (κ2) is 6.56. The summed E-state index contributed by atoms with van der Waals surface area (Å²) in [6.07, 6.45) is 0. The summed E-state index contributed by atoms with van der Waals surface area (Å²) in [6.45, 7) is 1.59. The van der Waals surface area contributed by atoms with Crippen molar-refractivity contribution < 1.29 is 13.6 Å². The molecule has 5 N–H and O–H groups in total. The van der Waals surface area contributed by atoms with Gasteiger partial charge < -0.3 is 16.8 Å². The Kier molecular flexibility index (Phi) is 4.76. The fourth-order valence-electron chi connectivity index (χ4n) is 1.55. The third-order valence-electron chi connectivity index (χ3n) is 2.59. The molecule has 116 valence electrons. The third kappa shape index (κ3) is 4.04. The van der Waals surface area contributed by atoms with Gasteiger partial charge in [-0.2, -0.15) is 0 Å². The first kappa shape index (κ1) is 16.0. The van der Waals surface area contributed by atoms with E-state index in [1.54, 1.807) is 6.92 Å². The number of nitrogen functional groups attached to an aromatic ring is 2. The Balaban J connectivity index is 2.05. The first-order valence-corrected chi connectivity index (χ1v) is 7.05. The number of rotatable bonds is 4. The number of nitrogens with two attached hydrogens (primary N) is 2. The van der Waals surface area contributed by atoms with Crippen molar-refractivity contribution in [3.05, 3.63) is 35.9 Å². The van der Waals surface area contributed by atoms with Gasteiger partial charge in [-0.05, 0) is 19.1 Å². The van der Waals surface area contributed by atoms with E-state index < -0.39 is 22.8 Å². The van der Waals surface area contributed by atoms with Crippen molar-refractivity contribution in [1.82, 2.24) is 9.97 Å². The number of carbonyl (C=O) groups is 1. The molecule has 0 fully saturated rings. The minimum absolute atomic E-state index is 0.105. The van der Waals surface area contributed by atoms with E-state index in [-0.39, 0.29) is 22.5 Å². The number of benzene rings is 1. The normalized spacial score (nSPS) is 12.0. The molecule has 0 saturated carbocycles. The van der Waals surface area contributed by atoms with Gasteiger partial charge in [0.25, 0.3) is 0 Å². The van der Waals surface area contributed by atoms with E-state index in [1.165, 1.54) is 6.07 Å². The molecule has 0 spiro atoms. The maximum absolute atomic E-state index is 13.5. The Hall–Kier alpha value is -2.42. The molecule has 1 atom stereocenters. The number of hydrogen-bond acceptors (Lipinski definition) is 6. The molecule has 0 aliphatic rings. The van der Waals surface area contributed by atoms with Crippen LogP contribution in [0.25, 0.3) is 0 Å². The summed E-state index contributed by atoms with van der Waals surface area (Å²) in [5.41, 5.74) is 11.0. The average Bonchev–Trinajstić information content (AvgIpc) is 2.40. The van der Waals surface area contributed by atoms with Crippen molar-refractivity contribution in [3.63, 3.8) is 0 Å². The summed E-state index contributed by atoms with van der Waals surface area (Å²) in [6, 6.07) is 4.28. The lowest BCUT2D eigenvalue weighted by Crippen LogP contribution is -2.23. The van der Waals surface area contributed by atoms with E-state index >= 15 is 0 Å². The van der Waals surface area contributed by atoms with Gasteiger partial charge in [0, 0.05) is 12.1 Å². The number of aromatic nitrogens is 2. The van der Waals surface area contributed by atoms with Gasteiger partial charge in [0.15, 0.2) is 5.16 Å². The van der Waals surface area contributed by atoms with Crippen LogP contribution in [0.2, 0.25) is 0 Å². The smallest absolute Gasteiger partial charge is 0.237 e. The zero-order valence-corrected chi connectivity index (χ0v) is 12.3. The van der Waals surface area contributed by atoms with E-state index in [0.29, 0.717) is 6.07 Å². The maximum Gasteiger partial charge on any atom is 0.237 e. The number of halogens is 2. The summed E-state index contributed by atoms with van der Waals surface area (Å²) < 4.78 is 26.3. The van der Waals surface area contributed by atoms with Crippen LogP contribution in [0, 0.1) is 11.6 Å². The van der Waals surface area contributed by atoms with Crippen LogP contribution in [0.5, 0.6) is 0 Å². The molecule has 9 heteroatoms. The third-order valence-corrected chi connectivity index (χ3v) is 3.55. The number of thioether (sulfide) groups is 1. The largest absolute Gasteiger partial charge is 0.383 e. The molecule has 0 radical (unpaired) electrons. The molecule has 0 aliphatic carbocycles. The van der Waals surface area contributed by atoms with Crippen LogP contribution in [0.3, 0.4) is 0 Å². The maximum atomic E-state index is 13.5. The Morgan fingerprint density at radius 2 is 1.86 bits per heavy atom. The van der Waals surface area contributed by atoms with E-state index in [1.807, 2.05) is 0 Å². The highest BCUT2D eigenvalue weighted by Gasteiger charge is 2.18. The lowest BCUT2D eigenvalue weighted by atomic mass is 10.3. The van der Waals surface area contributed by atoms with Crippen LogP contribution < -0.4 is 16.8 Å². The number of nitrogens with one attached hydrogen (secondary N) is 1. The molecular weight excluding hydrogens is 312 g/mol. The first-order valence-electron chi connectivity index (χ1n) is 6.18. The fourth-order valence-corrected chi connectivity index (χ4v) is 2.35.